The predicted octanol–water partition coefficient (Wildman–Crippen LogP) is 4.56. The van der Waals surface area contributed by atoms with E-state index in [-0.39, 0.29) is 11.7 Å². The highest BCUT2D eigenvalue weighted by molar-refractivity contribution is 5.90. The van der Waals surface area contributed by atoms with Crippen molar-refractivity contribution < 1.29 is 4.79 Å². The van der Waals surface area contributed by atoms with Crippen LogP contribution < -0.4 is 0 Å². The minimum absolute atomic E-state index is 0.173. The first-order chi connectivity index (χ1) is 9.75. The van der Waals surface area contributed by atoms with Crippen LogP contribution in [0.5, 0.6) is 0 Å². The Morgan fingerprint density at radius 3 is 2.10 bits per heavy atom. The number of ketones is 1. The lowest BCUT2D eigenvalue weighted by atomic mass is 9.87. The van der Waals surface area contributed by atoms with E-state index in [1.54, 1.807) is 6.92 Å². The molecular weight excluding hydrogens is 244 g/mol. The second-order valence-corrected chi connectivity index (χ2v) is 5.06. The second kappa shape index (κ2) is 5.30. The molecular formula is C19H16O. The van der Waals surface area contributed by atoms with Crippen molar-refractivity contribution in [3.05, 3.63) is 83.9 Å². The third-order valence-electron chi connectivity index (χ3n) is 3.65. The molecule has 0 N–H and O–H groups in total. The van der Waals surface area contributed by atoms with Gasteiger partial charge < -0.3 is 0 Å². The molecule has 0 aliphatic heterocycles. The zero-order chi connectivity index (χ0) is 13.9. The molecule has 98 valence electrons. The maximum absolute atomic E-state index is 12.1. The number of carbonyl (C=O) groups excluding carboxylic acids is 1. The first-order valence-electron chi connectivity index (χ1n) is 6.80. The van der Waals surface area contributed by atoms with Gasteiger partial charge in [-0.05, 0) is 28.8 Å². The van der Waals surface area contributed by atoms with Crippen molar-refractivity contribution in [3.63, 3.8) is 0 Å². The van der Waals surface area contributed by atoms with E-state index in [2.05, 4.69) is 30.3 Å². The van der Waals surface area contributed by atoms with E-state index >= 15 is 0 Å². The molecule has 0 fully saturated rings. The molecule has 1 unspecified atom stereocenters. The highest BCUT2D eigenvalue weighted by atomic mass is 16.1. The van der Waals surface area contributed by atoms with E-state index in [4.69, 9.17) is 0 Å². The molecule has 0 saturated carbocycles. The molecule has 0 spiro atoms. The van der Waals surface area contributed by atoms with E-state index in [1.807, 2.05) is 42.5 Å². The zero-order valence-corrected chi connectivity index (χ0v) is 11.4. The average molecular weight is 260 g/mol. The molecule has 3 rings (SSSR count). The van der Waals surface area contributed by atoms with Gasteiger partial charge in [-0.25, -0.2) is 0 Å². The van der Waals surface area contributed by atoms with Crippen LogP contribution in [0.2, 0.25) is 0 Å². The number of Topliss-reactive ketones (excluding diaryl/α,β-unsaturated/α-hetero) is 1. The van der Waals surface area contributed by atoms with E-state index < -0.39 is 0 Å². The number of hydrogen-bond donors (Lipinski definition) is 0. The van der Waals surface area contributed by atoms with Crippen LogP contribution >= 0.6 is 0 Å². The summed E-state index contributed by atoms with van der Waals surface area (Å²) >= 11 is 0. The van der Waals surface area contributed by atoms with Crippen LogP contribution in [0.4, 0.5) is 0 Å². The first-order valence-corrected chi connectivity index (χ1v) is 6.80. The fraction of sp³-hybridized carbons (Fsp3) is 0.105. The van der Waals surface area contributed by atoms with Gasteiger partial charge in [0.1, 0.15) is 5.78 Å². The third-order valence-corrected chi connectivity index (χ3v) is 3.65. The van der Waals surface area contributed by atoms with Crippen molar-refractivity contribution in [3.8, 4) is 0 Å². The fourth-order valence-electron chi connectivity index (χ4n) is 2.69. The smallest absolute Gasteiger partial charge is 0.141 e. The normalized spacial score (nSPS) is 12.2. The molecule has 1 atom stereocenters. The van der Waals surface area contributed by atoms with E-state index in [9.17, 15) is 4.79 Å². The fourth-order valence-corrected chi connectivity index (χ4v) is 2.69. The van der Waals surface area contributed by atoms with Gasteiger partial charge in [0, 0.05) is 0 Å². The summed E-state index contributed by atoms with van der Waals surface area (Å²) in [5.74, 6) is -0.00714. The van der Waals surface area contributed by atoms with Gasteiger partial charge in [0.05, 0.1) is 5.92 Å². The zero-order valence-electron chi connectivity index (χ0n) is 11.4. The Hall–Kier alpha value is -2.41. The standard InChI is InChI=1S/C19H16O/c1-14(20)19(16-8-3-2-4-9-16)18-12-11-15-7-5-6-10-17(15)13-18/h2-13,19H,1H3. The van der Waals surface area contributed by atoms with Gasteiger partial charge >= 0.3 is 0 Å². The van der Waals surface area contributed by atoms with E-state index in [0.29, 0.717) is 0 Å². The third kappa shape index (κ3) is 2.35. The topological polar surface area (TPSA) is 17.1 Å². The van der Waals surface area contributed by atoms with Crippen LogP contribution in [-0.4, -0.2) is 5.78 Å². The molecule has 20 heavy (non-hydrogen) atoms. The Labute approximate surface area is 118 Å². The summed E-state index contributed by atoms with van der Waals surface area (Å²) in [6.07, 6.45) is 0. The summed E-state index contributed by atoms with van der Waals surface area (Å²) in [7, 11) is 0. The van der Waals surface area contributed by atoms with Gasteiger partial charge in [-0.3, -0.25) is 4.79 Å². The van der Waals surface area contributed by atoms with Gasteiger partial charge in [-0.2, -0.15) is 0 Å². The summed E-state index contributed by atoms with van der Waals surface area (Å²) in [6, 6.07) is 24.5. The quantitative estimate of drug-likeness (QED) is 0.674. The second-order valence-electron chi connectivity index (χ2n) is 5.06. The molecule has 0 aromatic heterocycles. The number of benzene rings is 3. The van der Waals surface area contributed by atoms with Crippen molar-refractivity contribution >= 4 is 16.6 Å². The van der Waals surface area contributed by atoms with Gasteiger partial charge in [-0.1, -0.05) is 72.8 Å². The Morgan fingerprint density at radius 2 is 1.40 bits per heavy atom. The molecule has 3 aromatic carbocycles. The van der Waals surface area contributed by atoms with Crippen molar-refractivity contribution in [2.24, 2.45) is 0 Å². The lowest BCUT2D eigenvalue weighted by Gasteiger charge is -2.15. The Bertz CT molecular complexity index is 744. The summed E-state index contributed by atoms with van der Waals surface area (Å²) in [5.41, 5.74) is 2.11. The number of rotatable bonds is 3. The summed E-state index contributed by atoms with van der Waals surface area (Å²) in [4.78, 5) is 12.1. The minimum Gasteiger partial charge on any atom is -0.299 e. The molecule has 0 saturated heterocycles. The number of fused-ring (bicyclic) bond motifs is 1. The molecule has 1 nitrogen and oxygen atoms in total. The molecule has 0 aliphatic rings. The van der Waals surface area contributed by atoms with Crippen LogP contribution in [0.25, 0.3) is 10.8 Å². The van der Waals surface area contributed by atoms with E-state index in [0.717, 1.165) is 11.1 Å². The lowest BCUT2D eigenvalue weighted by Crippen LogP contribution is -2.10. The van der Waals surface area contributed by atoms with Crippen molar-refractivity contribution in [2.45, 2.75) is 12.8 Å². The van der Waals surface area contributed by atoms with Gasteiger partial charge in [0.25, 0.3) is 0 Å². The number of carbonyl (C=O) groups is 1. The van der Waals surface area contributed by atoms with Crippen molar-refractivity contribution in [1.29, 1.82) is 0 Å². The molecule has 0 aliphatic carbocycles. The predicted molar refractivity (Wildman–Crippen MR) is 82.9 cm³/mol. The van der Waals surface area contributed by atoms with Crippen LogP contribution in [0.1, 0.15) is 24.0 Å². The minimum atomic E-state index is -0.180. The van der Waals surface area contributed by atoms with Crippen LogP contribution in [-0.2, 0) is 4.79 Å². The van der Waals surface area contributed by atoms with Crippen LogP contribution in [0.15, 0.2) is 72.8 Å². The van der Waals surface area contributed by atoms with Crippen LogP contribution in [0, 0.1) is 0 Å². The van der Waals surface area contributed by atoms with Crippen LogP contribution in [0.3, 0.4) is 0 Å². The molecule has 0 heterocycles. The molecule has 3 aromatic rings. The molecule has 0 amide bonds. The Balaban J connectivity index is 2.13. The summed E-state index contributed by atoms with van der Waals surface area (Å²) in [5, 5.41) is 2.37. The SMILES string of the molecule is CC(=O)C(c1ccccc1)c1ccc2ccccc2c1. The summed E-state index contributed by atoms with van der Waals surface area (Å²) < 4.78 is 0. The highest BCUT2D eigenvalue weighted by Gasteiger charge is 2.18. The maximum Gasteiger partial charge on any atom is 0.141 e. The maximum atomic E-state index is 12.1. The van der Waals surface area contributed by atoms with Gasteiger partial charge in [-0.15, -0.1) is 0 Å². The lowest BCUT2D eigenvalue weighted by molar-refractivity contribution is -0.117. The van der Waals surface area contributed by atoms with Gasteiger partial charge in [0.15, 0.2) is 0 Å². The Kier molecular flexibility index (Phi) is 3.34. The molecule has 0 radical (unpaired) electrons. The molecule has 1 heteroatoms. The van der Waals surface area contributed by atoms with Crippen molar-refractivity contribution in [1.82, 2.24) is 0 Å². The van der Waals surface area contributed by atoms with Gasteiger partial charge in [0.2, 0.25) is 0 Å². The monoisotopic (exact) mass is 260 g/mol. The Morgan fingerprint density at radius 1 is 0.750 bits per heavy atom. The molecule has 0 bridgehead atoms. The van der Waals surface area contributed by atoms with E-state index in [1.165, 1.54) is 10.8 Å². The first kappa shape index (κ1) is 12.6. The summed E-state index contributed by atoms with van der Waals surface area (Å²) in [6.45, 7) is 1.66. The average Bonchev–Trinajstić information content (AvgIpc) is 2.48. The highest BCUT2D eigenvalue weighted by Crippen LogP contribution is 2.28. The number of hydrogen-bond acceptors (Lipinski definition) is 1. The van der Waals surface area contributed by atoms with Crippen molar-refractivity contribution in [2.75, 3.05) is 0 Å². The largest absolute Gasteiger partial charge is 0.299 e.